The van der Waals surface area contributed by atoms with Crippen LogP contribution in [-0.4, -0.2) is 54.1 Å². The van der Waals surface area contributed by atoms with Gasteiger partial charge in [0.25, 0.3) is 5.91 Å². The van der Waals surface area contributed by atoms with Gasteiger partial charge in [-0.05, 0) is 31.4 Å². The van der Waals surface area contributed by atoms with Gasteiger partial charge >= 0.3 is 12.1 Å². The highest BCUT2D eigenvalue weighted by Crippen LogP contribution is 2.46. The summed E-state index contributed by atoms with van der Waals surface area (Å²) in [5.41, 5.74) is -2.58. The summed E-state index contributed by atoms with van der Waals surface area (Å²) < 4.78 is 40.0. The monoisotopic (exact) mass is 384 g/mol. The Morgan fingerprint density at radius 1 is 1.22 bits per heavy atom. The SMILES string of the molecule is CN(C(=O)C1CC1)c1ccccc1C(=O)N1CCC(C(=O)O)(C(F)(F)F)C1. The standard InChI is InChI=1S/C18H19F3N2O4/c1-22(14(24)11-6-7-11)13-5-3-2-4-12(13)15(25)23-9-8-17(10-23,16(26)27)18(19,20)21/h2-5,11H,6-10H2,1H3,(H,26,27). The molecule has 0 spiro atoms. The highest BCUT2D eigenvalue weighted by Gasteiger charge is 2.64. The molecule has 1 heterocycles. The van der Waals surface area contributed by atoms with Crippen molar-refractivity contribution in [1.29, 1.82) is 0 Å². The van der Waals surface area contributed by atoms with E-state index < -0.39 is 36.4 Å². The Morgan fingerprint density at radius 3 is 2.37 bits per heavy atom. The van der Waals surface area contributed by atoms with Crippen molar-refractivity contribution in [3.05, 3.63) is 29.8 Å². The van der Waals surface area contributed by atoms with Gasteiger partial charge in [-0.3, -0.25) is 14.4 Å². The van der Waals surface area contributed by atoms with E-state index in [0.29, 0.717) is 5.69 Å². The molecule has 2 fully saturated rings. The molecule has 6 nitrogen and oxygen atoms in total. The highest BCUT2D eigenvalue weighted by atomic mass is 19.4. The van der Waals surface area contributed by atoms with Crippen LogP contribution in [0.5, 0.6) is 0 Å². The van der Waals surface area contributed by atoms with Crippen LogP contribution in [0.15, 0.2) is 24.3 Å². The average molecular weight is 384 g/mol. The van der Waals surface area contributed by atoms with Crippen molar-refractivity contribution in [2.24, 2.45) is 11.3 Å². The predicted molar refractivity (Wildman–Crippen MR) is 89.2 cm³/mol. The third-order valence-electron chi connectivity index (χ3n) is 5.26. The minimum atomic E-state index is -4.97. The third-order valence-corrected chi connectivity index (χ3v) is 5.26. The van der Waals surface area contributed by atoms with Gasteiger partial charge in [0, 0.05) is 26.1 Å². The Balaban J connectivity index is 1.87. The van der Waals surface area contributed by atoms with Crippen molar-refractivity contribution in [3.8, 4) is 0 Å². The van der Waals surface area contributed by atoms with Crippen LogP contribution in [0.1, 0.15) is 29.6 Å². The first kappa shape index (κ1) is 19.2. The first-order chi connectivity index (χ1) is 12.6. The van der Waals surface area contributed by atoms with Gasteiger partial charge in [0.2, 0.25) is 5.91 Å². The van der Waals surface area contributed by atoms with Crippen molar-refractivity contribution in [2.75, 3.05) is 25.0 Å². The van der Waals surface area contributed by atoms with Crippen LogP contribution in [0.2, 0.25) is 0 Å². The summed E-state index contributed by atoms with van der Waals surface area (Å²) in [4.78, 5) is 38.7. The molecule has 1 aromatic carbocycles. The first-order valence-corrected chi connectivity index (χ1v) is 8.54. The molecular formula is C18H19F3N2O4. The molecule has 1 aliphatic heterocycles. The topological polar surface area (TPSA) is 77.9 Å². The fourth-order valence-corrected chi connectivity index (χ4v) is 3.35. The van der Waals surface area contributed by atoms with E-state index in [9.17, 15) is 27.6 Å². The largest absolute Gasteiger partial charge is 0.481 e. The molecular weight excluding hydrogens is 365 g/mol. The molecule has 1 saturated heterocycles. The number of benzene rings is 1. The number of hydrogen-bond acceptors (Lipinski definition) is 3. The quantitative estimate of drug-likeness (QED) is 0.866. The van der Waals surface area contributed by atoms with Crippen molar-refractivity contribution in [2.45, 2.75) is 25.4 Å². The number of anilines is 1. The maximum atomic E-state index is 13.3. The van der Waals surface area contributed by atoms with Crippen LogP contribution < -0.4 is 4.90 Å². The highest BCUT2D eigenvalue weighted by molar-refractivity contribution is 6.05. The lowest BCUT2D eigenvalue weighted by atomic mass is 9.86. The van der Waals surface area contributed by atoms with Crippen LogP contribution in [0.4, 0.5) is 18.9 Å². The molecule has 0 aromatic heterocycles. The van der Waals surface area contributed by atoms with Gasteiger partial charge in [0.15, 0.2) is 5.41 Å². The van der Waals surface area contributed by atoms with Crippen LogP contribution >= 0.6 is 0 Å². The van der Waals surface area contributed by atoms with E-state index >= 15 is 0 Å². The maximum absolute atomic E-state index is 13.3. The summed E-state index contributed by atoms with van der Waals surface area (Å²) in [6, 6.07) is 6.17. The summed E-state index contributed by atoms with van der Waals surface area (Å²) in [6.07, 6.45) is -4.11. The molecule has 1 unspecified atom stereocenters. The molecule has 27 heavy (non-hydrogen) atoms. The number of amides is 2. The molecule has 0 bridgehead atoms. The van der Waals surface area contributed by atoms with Crippen LogP contribution in [0.3, 0.4) is 0 Å². The number of hydrogen-bond donors (Lipinski definition) is 1. The Kier molecular flexibility index (Phi) is 4.65. The fourth-order valence-electron chi connectivity index (χ4n) is 3.35. The van der Waals surface area contributed by atoms with Crippen molar-refractivity contribution >= 4 is 23.5 Å². The Bertz CT molecular complexity index is 791. The zero-order valence-corrected chi connectivity index (χ0v) is 14.6. The molecule has 2 amide bonds. The van der Waals surface area contributed by atoms with E-state index in [1.165, 1.54) is 18.0 Å². The Hall–Kier alpha value is -2.58. The zero-order chi connectivity index (χ0) is 20.0. The van der Waals surface area contributed by atoms with Crippen molar-refractivity contribution in [3.63, 3.8) is 0 Å². The van der Waals surface area contributed by atoms with E-state index in [2.05, 4.69) is 0 Å². The zero-order valence-electron chi connectivity index (χ0n) is 14.6. The lowest BCUT2D eigenvalue weighted by Crippen LogP contribution is -2.47. The van der Waals surface area contributed by atoms with Gasteiger partial charge in [0.1, 0.15) is 0 Å². The number of nitrogens with zero attached hydrogens (tertiary/aromatic N) is 2. The minimum Gasteiger partial charge on any atom is -0.481 e. The number of halogens is 3. The summed E-state index contributed by atoms with van der Waals surface area (Å²) in [6.45, 7) is -1.27. The van der Waals surface area contributed by atoms with Gasteiger partial charge in [-0.25, -0.2) is 0 Å². The molecule has 1 N–H and O–H groups in total. The fraction of sp³-hybridized carbons (Fsp3) is 0.500. The van der Waals surface area contributed by atoms with Crippen LogP contribution in [0.25, 0.3) is 0 Å². The summed E-state index contributed by atoms with van der Waals surface area (Å²) in [5, 5.41) is 9.14. The number of carboxylic acids is 1. The lowest BCUT2D eigenvalue weighted by molar-refractivity contribution is -0.227. The van der Waals surface area contributed by atoms with Gasteiger partial charge < -0.3 is 14.9 Å². The van der Waals surface area contributed by atoms with Gasteiger partial charge in [-0.1, -0.05) is 12.1 Å². The van der Waals surface area contributed by atoms with E-state index in [1.54, 1.807) is 18.2 Å². The number of carbonyl (C=O) groups is 3. The second-order valence-electron chi connectivity index (χ2n) is 7.05. The second kappa shape index (κ2) is 6.54. The molecule has 1 aliphatic carbocycles. The van der Waals surface area contributed by atoms with E-state index in [-0.39, 0.29) is 23.9 Å². The van der Waals surface area contributed by atoms with Crippen molar-refractivity contribution in [1.82, 2.24) is 4.90 Å². The summed E-state index contributed by atoms with van der Waals surface area (Å²) >= 11 is 0. The van der Waals surface area contributed by atoms with Gasteiger partial charge in [-0.2, -0.15) is 13.2 Å². The molecule has 9 heteroatoms. The van der Waals surface area contributed by atoms with E-state index in [0.717, 1.165) is 17.7 Å². The molecule has 1 saturated carbocycles. The third kappa shape index (κ3) is 3.26. The smallest absolute Gasteiger partial charge is 0.406 e. The Labute approximate surface area is 153 Å². The van der Waals surface area contributed by atoms with E-state index in [1.807, 2.05) is 0 Å². The minimum absolute atomic E-state index is 0.0809. The number of para-hydroxylation sites is 1. The molecule has 1 aromatic rings. The number of rotatable bonds is 4. The molecule has 3 rings (SSSR count). The molecule has 1 atom stereocenters. The average Bonchev–Trinajstić information content (AvgIpc) is 3.36. The summed E-state index contributed by atoms with van der Waals surface area (Å²) in [5.74, 6) is -2.94. The van der Waals surface area contributed by atoms with Gasteiger partial charge in [0.05, 0.1) is 11.3 Å². The summed E-state index contributed by atoms with van der Waals surface area (Å²) in [7, 11) is 1.52. The number of carbonyl (C=O) groups excluding carboxylic acids is 2. The number of carboxylic acid groups (broad SMARTS) is 1. The molecule has 2 aliphatic rings. The molecule has 0 radical (unpaired) electrons. The molecule has 146 valence electrons. The number of likely N-dealkylation sites (tertiary alicyclic amines) is 1. The van der Waals surface area contributed by atoms with E-state index in [4.69, 9.17) is 5.11 Å². The Morgan fingerprint density at radius 2 is 1.85 bits per heavy atom. The number of aliphatic carboxylic acids is 1. The van der Waals surface area contributed by atoms with Crippen LogP contribution in [0, 0.1) is 11.3 Å². The maximum Gasteiger partial charge on any atom is 0.406 e. The lowest BCUT2D eigenvalue weighted by Gasteiger charge is -2.28. The normalized spacial score (nSPS) is 22.6. The second-order valence-corrected chi connectivity index (χ2v) is 7.05. The number of alkyl halides is 3. The van der Waals surface area contributed by atoms with Gasteiger partial charge in [-0.15, -0.1) is 0 Å². The van der Waals surface area contributed by atoms with Crippen molar-refractivity contribution < 1.29 is 32.7 Å². The predicted octanol–water partition coefficient (Wildman–Crippen LogP) is 2.54. The van der Waals surface area contributed by atoms with Crippen LogP contribution in [-0.2, 0) is 9.59 Å². The first-order valence-electron chi connectivity index (χ1n) is 8.54.